The Morgan fingerprint density at radius 3 is 2.53 bits per heavy atom. The van der Waals surface area contributed by atoms with Crippen LogP contribution in [0.1, 0.15) is 45.6 Å². The molecule has 0 aliphatic carbocycles. The molecule has 1 aromatic carbocycles. The minimum absolute atomic E-state index is 0.164. The highest BCUT2D eigenvalue weighted by atomic mass is 32.1. The molecule has 0 unspecified atom stereocenters. The number of rotatable bonds is 14. The number of unbranched alkanes of at least 4 members (excludes halogenated alkanes) is 1. The fourth-order valence-electron chi connectivity index (χ4n) is 3.58. The van der Waals surface area contributed by atoms with E-state index in [-0.39, 0.29) is 11.9 Å². The largest absolute Gasteiger partial charge is 0.465 e. The monoisotopic (exact) mass is 465 g/mol. The van der Waals surface area contributed by atoms with Crippen LogP contribution in [0.2, 0.25) is 0 Å². The molecule has 2 aromatic rings. The Bertz CT molecular complexity index is 853. The topological polar surface area (TPSA) is 114 Å². The van der Waals surface area contributed by atoms with Crippen molar-refractivity contribution in [2.75, 3.05) is 19.8 Å². The lowest BCUT2D eigenvalue weighted by atomic mass is 10.1. The van der Waals surface area contributed by atoms with Crippen molar-refractivity contribution in [2.45, 2.75) is 65.0 Å². The summed E-state index contributed by atoms with van der Waals surface area (Å²) in [6.07, 6.45) is 0.147. The maximum Gasteiger partial charge on any atom is 0.404 e. The molecule has 1 aromatic heterocycles. The third-order valence-corrected chi connectivity index (χ3v) is 6.28. The molecular weight excluding hydrogens is 430 g/mol. The van der Waals surface area contributed by atoms with Crippen LogP contribution in [0, 0.1) is 0 Å². The fraction of sp³-hybridized carbons (Fsp3) is 0.565. The zero-order valence-corrected chi connectivity index (χ0v) is 19.9. The van der Waals surface area contributed by atoms with Crippen LogP contribution in [-0.4, -0.2) is 60.1 Å². The van der Waals surface area contributed by atoms with Gasteiger partial charge in [-0.1, -0.05) is 18.2 Å². The lowest BCUT2D eigenvalue weighted by Crippen LogP contribution is -2.52. The van der Waals surface area contributed by atoms with E-state index in [1.165, 1.54) is 4.70 Å². The van der Waals surface area contributed by atoms with E-state index < -0.39 is 18.4 Å². The van der Waals surface area contributed by atoms with Crippen LogP contribution in [0.3, 0.4) is 0 Å². The molecule has 0 radical (unpaired) electrons. The second-order valence-corrected chi connectivity index (χ2v) is 8.49. The maximum absolute atomic E-state index is 13.4. The molecular formula is C23H35N3O5S. The van der Waals surface area contributed by atoms with Gasteiger partial charge in [0.1, 0.15) is 0 Å². The van der Waals surface area contributed by atoms with Gasteiger partial charge in [-0.15, -0.1) is 11.3 Å². The molecule has 8 nitrogen and oxygen atoms in total. The van der Waals surface area contributed by atoms with Gasteiger partial charge in [-0.05, 0) is 62.4 Å². The first-order valence-electron chi connectivity index (χ1n) is 11.1. The van der Waals surface area contributed by atoms with Gasteiger partial charge in [-0.2, -0.15) is 0 Å². The number of nitrogens with one attached hydrogen (secondary N) is 1. The maximum atomic E-state index is 13.4. The van der Waals surface area contributed by atoms with Gasteiger partial charge in [0.25, 0.3) is 0 Å². The zero-order valence-electron chi connectivity index (χ0n) is 19.1. The Hall–Kier alpha value is -2.20. The van der Waals surface area contributed by atoms with E-state index in [0.717, 1.165) is 10.9 Å². The molecule has 0 fully saturated rings. The average Bonchev–Trinajstić information content (AvgIpc) is 3.18. The van der Waals surface area contributed by atoms with Crippen molar-refractivity contribution in [3.63, 3.8) is 0 Å². The Balaban J connectivity index is 2.16. The molecule has 0 saturated carbocycles. The minimum atomic E-state index is -1.05. The van der Waals surface area contributed by atoms with Gasteiger partial charge in [-0.3, -0.25) is 4.79 Å². The van der Waals surface area contributed by atoms with Gasteiger partial charge >= 0.3 is 6.09 Å². The number of fused-ring (bicyclic) bond motifs is 1. The SMILES string of the molecule is CCOC(OCC)[C@@H](C)N(Cc1csc2ccccc12)C(=O)[C@@H](N)CCCCNC(=O)O. The van der Waals surface area contributed by atoms with Gasteiger partial charge in [0.05, 0.1) is 12.1 Å². The second kappa shape index (κ2) is 13.4. The predicted molar refractivity (Wildman–Crippen MR) is 127 cm³/mol. The third kappa shape index (κ3) is 7.44. The van der Waals surface area contributed by atoms with Crippen LogP contribution in [-0.2, 0) is 20.8 Å². The molecule has 1 heterocycles. The first kappa shape index (κ1) is 26.1. The van der Waals surface area contributed by atoms with Crippen molar-refractivity contribution in [3.05, 3.63) is 35.2 Å². The van der Waals surface area contributed by atoms with E-state index >= 15 is 0 Å². The highest BCUT2D eigenvalue weighted by molar-refractivity contribution is 7.17. The normalized spacial score (nSPS) is 13.3. The fourth-order valence-corrected chi connectivity index (χ4v) is 4.54. The summed E-state index contributed by atoms with van der Waals surface area (Å²) in [7, 11) is 0. The first-order chi connectivity index (χ1) is 15.4. The molecule has 0 spiro atoms. The van der Waals surface area contributed by atoms with Crippen molar-refractivity contribution in [1.82, 2.24) is 10.2 Å². The molecule has 2 rings (SSSR count). The van der Waals surface area contributed by atoms with Crippen molar-refractivity contribution in [1.29, 1.82) is 0 Å². The molecule has 0 aliphatic rings. The summed E-state index contributed by atoms with van der Waals surface area (Å²) in [6, 6.07) is 7.11. The number of carbonyl (C=O) groups excluding carboxylic acids is 1. The van der Waals surface area contributed by atoms with Gasteiger partial charge in [0, 0.05) is 31.0 Å². The Morgan fingerprint density at radius 2 is 1.88 bits per heavy atom. The lowest BCUT2D eigenvalue weighted by Gasteiger charge is -2.35. The molecule has 0 bridgehead atoms. The minimum Gasteiger partial charge on any atom is -0.465 e. The summed E-state index contributed by atoms with van der Waals surface area (Å²) in [5.41, 5.74) is 7.35. The lowest BCUT2D eigenvalue weighted by molar-refractivity contribution is -0.179. The number of amides is 2. The summed E-state index contributed by atoms with van der Waals surface area (Å²) in [5, 5.41) is 14.2. The van der Waals surface area contributed by atoms with Crippen LogP contribution < -0.4 is 11.1 Å². The zero-order chi connectivity index (χ0) is 23.5. The van der Waals surface area contributed by atoms with Gasteiger partial charge in [0.15, 0.2) is 6.29 Å². The van der Waals surface area contributed by atoms with Crippen LogP contribution in [0.25, 0.3) is 10.1 Å². The summed E-state index contributed by atoms with van der Waals surface area (Å²) < 4.78 is 12.7. The van der Waals surface area contributed by atoms with E-state index in [1.54, 1.807) is 16.2 Å². The molecule has 0 aliphatic heterocycles. The smallest absolute Gasteiger partial charge is 0.404 e. The number of hydrogen-bond donors (Lipinski definition) is 3. The molecule has 0 saturated heterocycles. The molecule has 2 atom stereocenters. The summed E-state index contributed by atoms with van der Waals surface area (Å²) in [4.78, 5) is 25.7. The van der Waals surface area contributed by atoms with Crippen molar-refractivity contribution in [2.24, 2.45) is 5.73 Å². The second-order valence-electron chi connectivity index (χ2n) is 7.58. The van der Waals surface area contributed by atoms with E-state index in [2.05, 4.69) is 22.8 Å². The summed E-state index contributed by atoms with van der Waals surface area (Å²) in [6.45, 7) is 7.42. The summed E-state index contributed by atoms with van der Waals surface area (Å²) >= 11 is 1.65. The quantitative estimate of drug-likeness (QED) is 0.289. The van der Waals surface area contributed by atoms with Crippen molar-refractivity contribution in [3.8, 4) is 0 Å². The first-order valence-corrected chi connectivity index (χ1v) is 12.0. The third-order valence-electron chi connectivity index (χ3n) is 5.27. The molecule has 178 valence electrons. The van der Waals surface area contributed by atoms with E-state index in [9.17, 15) is 9.59 Å². The Kier molecular flexibility index (Phi) is 10.9. The number of nitrogens with two attached hydrogens (primary N) is 1. The molecule has 2 amide bonds. The number of thiophene rings is 1. The van der Waals surface area contributed by atoms with Gasteiger partial charge in [-0.25, -0.2) is 4.79 Å². The molecule has 9 heteroatoms. The number of ether oxygens (including phenoxy) is 2. The van der Waals surface area contributed by atoms with Crippen LogP contribution >= 0.6 is 11.3 Å². The highest BCUT2D eigenvalue weighted by Crippen LogP contribution is 2.28. The van der Waals surface area contributed by atoms with E-state index in [1.807, 2.05) is 32.9 Å². The Morgan fingerprint density at radius 1 is 1.19 bits per heavy atom. The van der Waals surface area contributed by atoms with Crippen molar-refractivity contribution < 1.29 is 24.2 Å². The standard InChI is InChI=1S/C23H35N3O5S/c1-4-30-22(31-5-2)16(3)26(14-17-15-32-20-12-7-6-10-18(17)20)21(27)19(24)11-8-9-13-25-23(28)29/h6-7,10,12,15-16,19,22,25H,4-5,8-9,11,13-14,24H2,1-3H3,(H,28,29)/t16-,19+/m1/s1. The van der Waals surface area contributed by atoms with Crippen LogP contribution in [0.15, 0.2) is 29.6 Å². The summed E-state index contributed by atoms with van der Waals surface area (Å²) in [5.74, 6) is -0.164. The predicted octanol–water partition coefficient (Wildman–Crippen LogP) is 3.78. The number of nitrogens with zero attached hydrogens (tertiary/aromatic N) is 1. The highest BCUT2D eigenvalue weighted by Gasteiger charge is 2.31. The van der Waals surface area contributed by atoms with Crippen LogP contribution in [0.4, 0.5) is 4.79 Å². The van der Waals surface area contributed by atoms with Gasteiger partial charge < -0.3 is 30.5 Å². The van der Waals surface area contributed by atoms with E-state index in [0.29, 0.717) is 45.6 Å². The average molecular weight is 466 g/mol. The number of hydrogen-bond acceptors (Lipinski definition) is 6. The van der Waals surface area contributed by atoms with Gasteiger partial charge in [0.2, 0.25) is 5.91 Å². The Labute approximate surface area is 193 Å². The molecule has 4 N–H and O–H groups in total. The van der Waals surface area contributed by atoms with E-state index in [4.69, 9.17) is 20.3 Å². The number of carbonyl (C=O) groups is 2. The number of benzene rings is 1. The molecule has 32 heavy (non-hydrogen) atoms. The van der Waals surface area contributed by atoms with Crippen molar-refractivity contribution >= 4 is 33.4 Å². The van der Waals surface area contributed by atoms with Crippen LogP contribution in [0.5, 0.6) is 0 Å². The number of carboxylic acid groups (broad SMARTS) is 1.